The van der Waals surface area contributed by atoms with Gasteiger partial charge >= 0.3 is 0 Å². The molecule has 0 saturated carbocycles. The van der Waals surface area contributed by atoms with Crippen molar-refractivity contribution >= 4 is 21.6 Å². The van der Waals surface area contributed by atoms with Crippen LogP contribution >= 0.6 is 11.3 Å². The third-order valence-electron chi connectivity index (χ3n) is 3.94. The van der Waals surface area contributed by atoms with Crippen molar-refractivity contribution in [3.8, 4) is 11.1 Å². The molecule has 0 unspecified atom stereocenters. The number of benzene rings is 1. The summed E-state index contributed by atoms with van der Waals surface area (Å²) in [6.07, 6.45) is 7.07. The van der Waals surface area contributed by atoms with Gasteiger partial charge in [0.25, 0.3) is 0 Å². The molecule has 0 atom stereocenters. The highest BCUT2D eigenvalue weighted by atomic mass is 32.1. The fourth-order valence-corrected chi connectivity index (χ4v) is 4.30. The standard InChI is InChI=1S/C17H15NS/c1-2-6-12(7-3-1)13-10-11-18-17-16(13)14-8-4-5-9-15(14)19-17/h1-3,6-7,10-11H,4-5,8-9H2. The Bertz CT molecular complexity index is 728. The Hall–Kier alpha value is -1.67. The molecule has 2 aromatic heterocycles. The van der Waals surface area contributed by atoms with Gasteiger partial charge in [-0.15, -0.1) is 11.3 Å². The summed E-state index contributed by atoms with van der Waals surface area (Å²) in [7, 11) is 0. The zero-order chi connectivity index (χ0) is 12.7. The van der Waals surface area contributed by atoms with Crippen LogP contribution < -0.4 is 0 Å². The molecule has 1 aromatic carbocycles. The van der Waals surface area contributed by atoms with E-state index in [2.05, 4.69) is 41.4 Å². The Morgan fingerprint density at radius 3 is 2.68 bits per heavy atom. The first-order valence-electron chi connectivity index (χ1n) is 6.88. The lowest BCUT2D eigenvalue weighted by Crippen LogP contribution is -1.98. The van der Waals surface area contributed by atoms with Gasteiger partial charge in [0.2, 0.25) is 0 Å². The first kappa shape index (κ1) is 11.2. The number of nitrogens with zero attached hydrogens (tertiary/aromatic N) is 1. The smallest absolute Gasteiger partial charge is 0.124 e. The van der Waals surface area contributed by atoms with Gasteiger partial charge in [-0.25, -0.2) is 4.98 Å². The molecule has 0 aliphatic heterocycles. The summed E-state index contributed by atoms with van der Waals surface area (Å²) in [4.78, 5) is 7.37. The molecule has 0 fully saturated rings. The Morgan fingerprint density at radius 2 is 1.79 bits per heavy atom. The summed E-state index contributed by atoms with van der Waals surface area (Å²) in [6.45, 7) is 0. The Balaban J connectivity index is 2.03. The molecule has 94 valence electrons. The molecule has 1 aliphatic carbocycles. The summed E-state index contributed by atoms with van der Waals surface area (Å²) in [5, 5.41) is 1.41. The summed E-state index contributed by atoms with van der Waals surface area (Å²) in [6, 6.07) is 12.9. The second-order valence-corrected chi connectivity index (χ2v) is 6.20. The largest absolute Gasteiger partial charge is 0.245 e. The predicted molar refractivity (Wildman–Crippen MR) is 81.7 cm³/mol. The van der Waals surface area contributed by atoms with Crippen LogP contribution in [0.4, 0.5) is 0 Å². The minimum atomic E-state index is 1.22. The van der Waals surface area contributed by atoms with Crippen LogP contribution in [0.5, 0.6) is 0 Å². The minimum absolute atomic E-state index is 1.22. The maximum atomic E-state index is 4.59. The van der Waals surface area contributed by atoms with Gasteiger partial charge in [0.05, 0.1) is 0 Å². The maximum absolute atomic E-state index is 4.59. The molecule has 2 heterocycles. The number of pyridine rings is 1. The van der Waals surface area contributed by atoms with E-state index >= 15 is 0 Å². The number of hydrogen-bond acceptors (Lipinski definition) is 2. The van der Waals surface area contributed by atoms with Gasteiger partial charge < -0.3 is 0 Å². The van der Waals surface area contributed by atoms with E-state index in [0.717, 1.165) is 0 Å². The lowest BCUT2D eigenvalue weighted by molar-refractivity contribution is 0.700. The number of hydrogen-bond donors (Lipinski definition) is 0. The van der Waals surface area contributed by atoms with Crippen LogP contribution in [-0.2, 0) is 12.8 Å². The van der Waals surface area contributed by atoms with Crippen molar-refractivity contribution in [3.63, 3.8) is 0 Å². The van der Waals surface area contributed by atoms with Crippen LogP contribution in [0.3, 0.4) is 0 Å². The second-order valence-electron chi connectivity index (χ2n) is 5.12. The average Bonchev–Trinajstić information content (AvgIpc) is 2.86. The van der Waals surface area contributed by atoms with Gasteiger partial charge in [0, 0.05) is 16.5 Å². The molecular weight excluding hydrogens is 250 g/mol. The molecular formula is C17H15NS. The van der Waals surface area contributed by atoms with Gasteiger partial charge in [0.15, 0.2) is 0 Å². The second kappa shape index (κ2) is 4.46. The van der Waals surface area contributed by atoms with E-state index in [4.69, 9.17) is 0 Å². The summed E-state index contributed by atoms with van der Waals surface area (Å²) < 4.78 is 0. The Labute approximate surface area is 116 Å². The SMILES string of the molecule is c1ccc(-c2ccnc3sc4c(c23)CCCC4)cc1. The molecule has 3 aromatic rings. The summed E-state index contributed by atoms with van der Waals surface area (Å²) in [5.74, 6) is 0. The third kappa shape index (κ3) is 1.79. The normalized spacial score (nSPS) is 14.5. The highest BCUT2D eigenvalue weighted by Gasteiger charge is 2.19. The lowest BCUT2D eigenvalue weighted by Gasteiger charge is -2.12. The molecule has 0 radical (unpaired) electrons. The molecule has 0 amide bonds. The Kier molecular flexibility index (Phi) is 2.63. The molecule has 0 bridgehead atoms. The van der Waals surface area contributed by atoms with Crippen LogP contribution in [0.15, 0.2) is 42.6 Å². The number of thiophene rings is 1. The molecule has 19 heavy (non-hydrogen) atoms. The topological polar surface area (TPSA) is 12.9 Å². The zero-order valence-electron chi connectivity index (χ0n) is 10.7. The van der Waals surface area contributed by atoms with Crippen LogP contribution in [0.25, 0.3) is 21.3 Å². The van der Waals surface area contributed by atoms with Crippen molar-refractivity contribution in [2.75, 3.05) is 0 Å². The number of aromatic nitrogens is 1. The average molecular weight is 265 g/mol. The monoisotopic (exact) mass is 265 g/mol. The molecule has 1 aliphatic rings. The van der Waals surface area contributed by atoms with E-state index in [9.17, 15) is 0 Å². The molecule has 1 nitrogen and oxygen atoms in total. The van der Waals surface area contributed by atoms with Gasteiger partial charge in [-0.3, -0.25) is 0 Å². The fraction of sp³-hybridized carbons (Fsp3) is 0.235. The summed E-state index contributed by atoms with van der Waals surface area (Å²) >= 11 is 1.90. The van der Waals surface area contributed by atoms with Crippen molar-refractivity contribution in [1.29, 1.82) is 0 Å². The molecule has 0 saturated heterocycles. The van der Waals surface area contributed by atoms with Crippen molar-refractivity contribution in [2.45, 2.75) is 25.7 Å². The van der Waals surface area contributed by atoms with E-state index < -0.39 is 0 Å². The van der Waals surface area contributed by atoms with E-state index in [0.29, 0.717) is 0 Å². The van der Waals surface area contributed by atoms with Crippen LogP contribution in [0.1, 0.15) is 23.3 Å². The summed E-state index contributed by atoms with van der Waals surface area (Å²) in [5.41, 5.74) is 4.23. The highest BCUT2D eigenvalue weighted by Crippen LogP contribution is 2.40. The van der Waals surface area contributed by atoms with Crippen LogP contribution in [-0.4, -0.2) is 4.98 Å². The van der Waals surface area contributed by atoms with E-state index in [1.165, 1.54) is 47.0 Å². The fourth-order valence-electron chi connectivity index (χ4n) is 3.04. The first-order valence-corrected chi connectivity index (χ1v) is 7.70. The maximum Gasteiger partial charge on any atom is 0.124 e. The molecule has 4 rings (SSSR count). The first-order chi connectivity index (χ1) is 9.43. The number of fused-ring (bicyclic) bond motifs is 3. The third-order valence-corrected chi connectivity index (χ3v) is 5.14. The molecule has 0 spiro atoms. The molecule has 0 N–H and O–H groups in total. The van der Waals surface area contributed by atoms with Gasteiger partial charge in [-0.05, 0) is 48.4 Å². The Morgan fingerprint density at radius 1 is 0.947 bits per heavy atom. The predicted octanol–water partition coefficient (Wildman–Crippen LogP) is 4.84. The number of aryl methyl sites for hydroxylation is 2. The molecule has 2 heteroatoms. The van der Waals surface area contributed by atoms with Crippen molar-refractivity contribution in [3.05, 3.63) is 53.0 Å². The van der Waals surface area contributed by atoms with Crippen LogP contribution in [0, 0.1) is 0 Å². The van der Waals surface area contributed by atoms with E-state index in [-0.39, 0.29) is 0 Å². The lowest BCUT2D eigenvalue weighted by atomic mass is 9.93. The zero-order valence-corrected chi connectivity index (χ0v) is 11.5. The van der Waals surface area contributed by atoms with Gasteiger partial charge in [-0.2, -0.15) is 0 Å². The van der Waals surface area contributed by atoms with Gasteiger partial charge in [-0.1, -0.05) is 30.3 Å². The van der Waals surface area contributed by atoms with Crippen molar-refractivity contribution < 1.29 is 0 Å². The number of rotatable bonds is 1. The van der Waals surface area contributed by atoms with E-state index in [1.54, 1.807) is 10.4 Å². The highest BCUT2D eigenvalue weighted by molar-refractivity contribution is 7.19. The van der Waals surface area contributed by atoms with Crippen molar-refractivity contribution in [1.82, 2.24) is 4.98 Å². The van der Waals surface area contributed by atoms with Crippen LogP contribution in [0.2, 0.25) is 0 Å². The van der Waals surface area contributed by atoms with Gasteiger partial charge in [0.1, 0.15) is 4.83 Å². The van der Waals surface area contributed by atoms with E-state index in [1.807, 2.05) is 17.5 Å². The van der Waals surface area contributed by atoms with Crippen molar-refractivity contribution in [2.24, 2.45) is 0 Å². The minimum Gasteiger partial charge on any atom is -0.245 e. The quantitative estimate of drug-likeness (QED) is 0.613.